The van der Waals surface area contributed by atoms with Crippen LogP contribution in [-0.2, 0) is 4.79 Å². The summed E-state index contributed by atoms with van der Waals surface area (Å²) in [6.45, 7) is 3.34. The van der Waals surface area contributed by atoms with Crippen molar-refractivity contribution in [2.24, 2.45) is 11.7 Å². The number of carbonyl (C=O) groups is 2. The largest absolute Gasteiger partial charge is 0.366 e. The molecule has 4 N–H and O–H groups in total. The monoisotopic (exact) mass is 308 g/mol. The lowest BCUT2D eigenvalue weighted by atomic mass is 9.94. The summed E-state index contributed by atoms with van der Waals surface area (Å²) in [6.07, 6.45) is 2.46. The van der Waals surface area contributed by atoms with Crippen LogP contribution < -0.4 is 16.4 Å². The number of rotatable bonds is 4. The van der Waals surface area contributed by atoms with Crippen molar-refractivity contribution in [1.82, 2.24) is 10.2 Å². The van der Waals surface area contributed by atoms with E-state index in [1.165, 1.54) is 24.2 Å². The van der Waals surface area contributed by atoms with E-state index in [4.69, 9.17) is 5.73 Å². The fourth-order valence-electron chi connectivity index (χ4n) is 3.23. The smallest absolute Gasteiger partial charge is 0.251 e. The van der Waals surface area contributed by atoms with Gasteiger partial charge in [0.05, 0.1) is 12.1 Å². The normalized spacial score (nSPS) is 25.5. The molecular formula is C14H20N4O2S. The maximum atomic E-state index is 12.1. The van der Waals surface area contributed by atoms with E-state index in [0.717, 1.165) is 19.6 Å². The molecule has 0 bridgehead atoms. The zero-order chi connectivity index (χ0) is 14.8. The van der Waals surface area contributed by atoms with Crippen LogP contribution in [0.25, 0.3) is 0 Å². The Morgan fingerprint density at radius 3 is 3.10 bits per heavy atom. The summed E-state index contributed by atoms with van der Waals surface area (Å²) >= 11 is 1.32. The highest BCUT2D eigenvalue weighted by Crippen LogP contribution is 2.25. The van der Waals surface area contributed by atoms with Crippen LogP contribution in [0.15, 0.2) is 11.4 Å². The first kappa shape index (κ1) is 14.5. The van der Waals surface area contributed by atoms with E-state index in [9.17, 15) is 9.59 Å². The fourth-order valence-corrected chi connectivity index (χ4v) is 4.04. The van der Waals surface area contributed by atoms with Crippen LogP contribution in [0.4, 0.5) is 5.00 Å². The number of thiophene rings is 1. The molecule has 0 radical (unpaired) electrons. The van der Waals surface area contributed by atoms with Crippen LogP contribution in [0.1, 0.15) is 23.2 Å². The fraction of sp³-hybridized carbons (Fsp3) is 0.571. The van der Waals surface area contributed by atoms with Gasteiger partial charge < -0.3 is 16.4 Å². The van der Waals surface area contributed by atoms with Crippen molar-refractivity contribution in [3.05, 3.63) is 17.0 Å². The van der Waals surface area contributed by atoms with Gasteiger partial charge >= 0.3 is 0 Å². The lowest BCUT2D eigenvalue weighted by molar-refractivity contribution is -0.117. The molecule has 0 spiro atoms. The van der Waals surface area contributed by atoms with Gasteiger partial charge in [0.1, 0.15) is 5.00 Å². The number of likely N-dealkylation sites (tertiary alicyclic amines) is 1. The van der Waals surface area contributed by atoms with Crippen molar-refractivity contribution in [2.75, 3.05) is 31.5 Å². The van der Waals surface area contributed by atoms with Crippen LogP contribution in [0.3, 0.4) is 0 Å². The van der Waals surface area contributed by atoms with Gasteiger partial charge in [-0.25, -0.2) is 0 Å². The van der Waals surface area contributed by atoms with Gasteiger partial charge in [-0.15, -0.1) is 11.3 Å². The van der Waals surface area contributed by atoms with E-state index in [1.54, 1.807) is 11.4 Å². The molecule has 0 aliphatic carbocycles. The number of carbonyl (C=O) groups excluding carboxylic acids is 2. The second-order valence-corrected chi connectivity index (χ2v) is 6.65. The minimum atomic E-state index is -0.511. The van der Waals surface area contributed by atoms with E-state index < -0.39 is 5.91 Å². The first-order chi connectivity index (χ1) is 10.1. The summed E-state index contributed by atoms with van der Waals surface area (Å²) < 4.78 is 0. The van der Waals surface area contributed by atoms with Gasteiger partial charge in [0.2, 0.25) is 5.91 Å². The van der Waals surface area contributed by atoms with Gasteiger partial charge in [0.15, 0.2) is 0 Å². The SMILES string of the molecule is NC(=O)c1ccsc1NC(=O)CN1C[C@@H]2CCCN[C@@H]2C1. The molecule has 0 unspecified atom stereocenters. The minimum absolute atomic E-state index is 0.0846. The summed E-state index contributed by atoms with van der Waals surface area (Å²) in [7, 11) is 0. The molecule has 2 saturated heterocycles. The third-order valence-corrected chi connectivity index (χ3v) is 5.06. The summed E-state index contributed by atoms with van der Waals surface area (Å²) in [5.41, 5.74) is 5.66. The van der Waals surface area contributed by atoms with Gasteiger partial charge in [-0.05, 0) is 36.8 Å². The third kappa shape index (κ3) is 3.25. The predicted octanol–water partition coefficient (Wildman–Crippen LogP) is 0.469. The average molecular weight is 308 g/mol. The Kier molecular flexibility index (Phi) is 4.23. The number of nitrogens with one attached hydrogen (secondary N) is 2. The van der Waals surface area contributed by atoms with Crippen molar-refractivity contribution in [1.29, 1.82) is 0 Å². The zero-order valence-electron chi connectivity index (χ0n) is 11.8. The second-order valence-electron chi connectivity index (χ2n) is 5.73. The molecule has 3 rings (SSSR count). The quantitative estimate of drug-likeness (QED) is 0.754. The number of primary amides is 1. The molecule has 1 aromatic rings. The van der Waals surface area contributed by atoms with Crippen LogP contribution in [0.2, 0.25) is 0 Å². The van der Waals surface area contributed by atoms with Crippen molar-refractivity contribution >= 4 is 28.2 Å². The molecule has 1 aromatic heterocycles. The zero-order valence-corrected chi connectivity index (χ0v) is 12.6. The summed E-state index contributed by atoms with van der Waals surface area (Å²) in [5.74, 6) is 0.0657. The van der Waals surface area contributed by atoms with Gasteiger partial charge in [0, 0.05) is 19.1 Å². The maximum Gasteiger partial charge on any atom is 0.251 e. The molecule has 2 amide bonds. The topological polar surface area (TPSA) is 87.5 Å². The Bertz CT molecular complexity index is 531. The highest BCUT2D eigenvalue weighted by Gasteiger charge is 2.34. The molecule has 0 saturated carbocycles. The number of piperidine rings is 1. The first-order valence-corrected chi connectivity index (χ1v) is 8.14. The van der Waals surface area contributed by atoms with Crippen LogP contribution in [0.5, 0.6) is 0 Å². The molecular weight excluding hydrogens is 288 g/mol. The summed E-state index contributed by atoms with van der Waals surface area (Å²) in [5, 5.41) is 8.62. The first-order valence-electron chi connectivity index (χ1n) is 7.26. The van der Waals surface area contributed by atoms with Crippen LogP contribution in [0, 0.1) is 5.92 Å². The van der Waals surface area contributed by atoms with Gasteiger partial charge in [-0.3, -0.25) is 14.5 Å². The van der Waals surface area contributed by atoms with Crippen molar-refractivity contribution in [2.45, 2.75) is 18.9 Å². The third-order valence-electron chi connectivity index (χ3n) is 4.23. The summed E-state index contributed by atoms with van der Waals surface area (Å²) in [4.78, 5) is 25.5. The predicted molar refractivity (Wildman–Crippen MR) is 82.4 cm³/mol. The van der Waals surface area contributed by atoms with Gasteiger partial charge in [0.25, 0.3) is 5.91 Å². The Labute approximate surface area is 127 Å². The maximum absolute atomic E-state index is 12.1. The highest BCUT2D eigenvalue weighted by molar-refractivity contribution is 7.14. The van der Waals surface area contributed by atoms with E-state index in [1.807, 2.05) is 0 Å². The summed E-state index contributed by atoms with van der Waals surface area (Å²) in [6, 6.07) is 2.16. The molecule has 0 aromatic carbocycles. The van der Waals surface area contributed by atoms with Gasteiger partial charge in [-0.2, -0.15) is 0 Å². The average Bonchev–Trinajstić information content (AvgIpc) is 3.03. The molecule has 6 nitrogen and oxygen atoms in total. The Morgan fingerprint density at radius 1 is 1.48 bits per heavy atom. The Balaban J connectivity index is 1.55. The standard InChI is InChI=1S/C14H20N4O2S/c15-13(20)10-3-5-21-14(10)17-12(19)8-18-6-9-2-1-4-16-11(9)7-18/h3,5,9,11,16H,1-2,4,6-8H2,(H2,15,20)(H,17,19)/t9-,11+/m0/s1. The molecule has 2 aliphatic heterocycles. The number of nitrogens with zero attached hydrogens (tertiary/aromatic N) is 1. The van der Waals surface area contributed by atoms with E-state index in [0.29, 0.717) is 29.1 Å². The highest BCUT2D eigenvalue weighted by atomic mass is 32.1. The Morgan fingerprint density at radius 2 is 2.33 bits per heavy atom. The lowest BCUT2D eigenvalue weighted by Gasteiger charge is -2.24. The molecule has 2 atom stereocenters. The second kappa shape index (κ2) is 6.13. The van der Waals surface area contributed by atoms with Crippen LogP contribution >= 0.6 is 11.3 Å². The van der Waals surface area contributed by atoms with E-state index >= 15 is 0 Å². The number of hydrogen-bond acceptors (Lipinski definition) is 5. The Hall–Kier alpha value is -1.44. The number of amides is 2. The number of fused-ring (bicyclic) bond motifs is 1. The van der Waals surface area contributed by atoms with Gasteiger partial charge in [-0.1, -0.05) is 0 Å². The van der Waals surface area contributed by atoms with Crippen molar-refractivity contribution in [3.63, 3.8) is 0 Å². The minimum Gasteiger partial charge on any atom is -0.366 e. The number of hydrogen-bond donors (Lipinski definition) is 3. The molecule has 7 heteroatoms. The number of nitrogens with two attached hydrogens (primary N) is 1. The van der Waals surface area contributed by atoms with Crippen LogP contribution in [-0.4, -0.2) is 48.9 Å². The van der Waals surface area contributed by atoms with Crippen molar-refractivity contribution in [3.8, 4) is 0 Å². The van der Waals surface area contributed by atoms with Crippen molar-refractivity contribution < 1.29 is 9.59 Å². The lowest BCUT2D eigenvalue weighted by Crippen LogP contribution is -2.41. The molecule has 21 heavy (non-hydrogen) atoms. The molecule has 2 aliphatic rings. The molecule has 3 heterocycles. The van der Waals surface area contributed by atoms with E-state index in [2.05, 4.69) is 15.5 Å². The number of anilines is 1. The molecule has 114 valence electrons. The van der Waals surface area contributed by atoms with E-state index in [-0.39, 0.29) is 5.91 Å². The molecule has 2 fully saturated rings.